The van der Waals surface area contributed by atoms with Gasteiger partial charge in [0.05, 0.1) is 12.8 Å². The highest BCUT2D eigenvalue weighted by Gasteiger charge is 2.29. The second-order valence-corrected chi connectivity index (χ2v) is 3.37. The Labute approximate surface area is 56.6 Å². The number of ether oxygens (including phenoxy) is 1. The average Bonchev–Trinajstić information content (AvgIpc) is 1.77. The molecule has 1 atom stereocenters. The van der Waals surface area contributed by atoms with Crippen LogP contribution in [0, 0.1) is 5.41 Å². The van der Waals surface area contributed by atoms with Crippen LogP contribution in [0.15, 0.2) is 0 Å². The van der Waals surface area contributed by atoms with Crippen LogP contribution in [0.3, 0.4) is 0 Å². The molecular formula is C7H15NO. The second kappa shape index (κ2) is 2.27. The maximum atomic E-state index is 5.38. The summed E-state index contributed by atoms with van der Waals surface area (Å²) in [5.41, 5.74) is 0.304. The summed E-state index contributed by atoms with van der Waals surface area (Å²) in [7, 11) is 0. The average molecular weight is 129 g/mol. The van der Waals surface area contributed by atoms with Crippen LogP contribution in [-0.2, 0) is 4.74 Å². The molecule has 54 valence electrons. The smallest absolute Gasteiger partial charge is 0.0969 e. The van der Waals surface area contributed by atoms with E-state index in [2.05, 4.69) is 26.1 Å². The van der Waals surface area contributed by atoms with Crippen molar-refractivity contribution in [1.82, 2.24) is 5.32 Å². The SMILES string of the molecule is CC1OCNCC1(C)C. The molecule has 0 aliphatic carbocycles. The third-order valence-electron chi connectivity index (χ3n) is 2.12. The number of hydrogen-bond acceptors (Lipinski definition) is 2. The van der Waals surface area contributed by atoms with Gasteiger partial charge in [-0.1, -0.05) is 13.8 Å². The van der Waals surface area contributed by atoms with Gasteiger partial charge in [-0.05, 0) is 6.92 Å². The van der Waals surface area contributed by atoms with Crippen molar-refractivity contribution in [2.45, 2.75) is 26.9 Å². The Kier molecular flexibility index (Phi) is 1.78. The van der Waals surface area contributed by atoms with Crippen LogP contribution in [-0.4, -0.2) is 19.4 Å². The van der Waals surface area contributed by atoms with Crippen molar-refractivity contribution in [3.8, 4) is 0 Å². The van der Waals surface area contributed by atoms with Crippen LogP contribution >= 0.6 is 0 Å². The molecule has 0 amide bonds. The van der Waals surface area contributed by atoms with Crippen molar-refractivity contribution in [2.75, 3.05) is 13.3 Å². The molecule has 0 aromatic carbocycles. The summed E-state index contributed by atoms with van der Waals surface area (Å²) in [6.45, 7) is 8.33. The molecule has 1 aliphatic rings. The van der Waals surface area contributed by atoms with Crippen molar-refractivity contribution in [3.05, 3.63) is 0 Å². The molecule has 1 N–H and O–H groups in total. The van der Waals surface area contributed by atoms with Crippen molar-refractivity contribution >= 4 is 0 Å². The molecule has 1 aliphatic heterocycles. The fourth-order valence-corrected chi connectivity index (χ4v) is 0.926. The predicted octanol–water partition coefficient (Wildman–Crippen LogP) is 0.978. The molecule has 9 heavy (non-hydrogen) atoms. The van der Waals surface area contributed by atoms with Gasteiger partial charge in [-0.3, -0.25) is 5.32 Å². The van der Waals surface area contributed by atoms with E-state index in [1.54, 1.807) is 0 Å². The van der Waals surface area contributed by atoms with Crippen molar-refractivity contribution in [1.29, 1.82) is 0 Å². The minimum atomic E-state index is 0.304. The molecule has 0 saturated carbocycles. The van der Waals surface area contributed by atoms with E-state index in [4.69, 9.17) is 4.74 Å². The minimum absolute atomic E-state index is 0.304. The van der Waals surface area contributed by atoms with E-state index >= 15 is 0 Å². The normalized spacial score (nSPS) is 34.3. The van der Waals surface area contributed by atoms with Crippen molar-refractivity contribution in [2.24, 2.45) is 5.41 Å². The first-order chi connectivity index (χ1) is 4.13. The standard InChI is InChI=1S/C7H15NO/c1-6-7(2,3)4-8-5-9-6/h6,8H,4-5H2,1-3H3. The van der Waals surface area contributed by atoms with Gasteiger partial charge in [0.15, 0.2) is 0 Å². The molecule has 0 radical (unpaired) electrons. The topological polar surface area (TPSA) is 21.3 Å². The lowest BCUT2D eigenvalue weighted by Crippen LogP contribution is -2.46. The van der Waals surface area contributed by atoms with Crippen molar-refractivity contribution in [3.63, 3.8) is 0 Å². The fourth-order valence-electron chi connectivity index (χ4n) is 0.926. The summed E-state index contributed by atoms with van der Waals surface area (Å²) in [6.07, 6.45) is 0.388. The zero-order valence-electron chi connectivity index (χ0n) is 6.40. The maximum absolute atomic E-state index is 5.38. The van der Waals surface area contributed by atoms with E-state index in [-0.39, 0.29) is 0 Å². The molecule has 0 bridgehead atoms. The van der Waals surface area contributed by atoms with Crippen LogP contribution in [0.1, 0.15) is 20.8 Å². The predicted molar refractivity (Wildman–Crippen MR) is 37.2 cm³/mol. The second-order valence-electron chi connectivity index (χ2n) is 3.37. The molecule has 0 aromatic heterocycles. The van der Waals surface area contributed by atoms with Gasteiger partial charge in [0, 0.05) is 12.0 Å². The Bertz CT molecular complexity index is 101. The number of hydrogen-bond donors (Lipinski definition) is 1. The van der Waals surface area contributed by atoms with Crippen molar-refractivity contribution < 1.29 is 4.74 Å². The summed E-state index contributed by atoms with van der Waals surface area (Å²) in [4.78, 5) is 0. The fraction of sp³-hybridized carbons (Fsp3) is 1.00. The van der Waals surface area contributed by atoms with E-state index in [9.17, 15) is 0 Å². The van der Waals surface area contributed by atoms with Gasteiger partial charge >= 0.3 is 0 Å². The van der Waals surface area contributed by atoms with Gasteiger partial charge in [0.2, 0.25) is 0 Å². The largest absolute Gasteiger partial charge is 0.363 e. The van der Waals surface area contributed by atoms with Crippen LogP contribution in [0.25, 0.3) is 0 Å². The zero-order chi connectivity index (χ0) is 6.91. The monoisotopic (exact) mass is 129 g/mol. The summed E-state index contributed by atoms with van der Waals surface area (Å²) in [5.74, 6) is 0. The third kappa shape index (κ3) is 1.43. The first-order valence-corrected chi connectivity index (χ1v) is 3.45. The molecule has 0 spiro atoms. The summed E-state index contributed by atoms with van der Waals surface area (Å²) < 4.78 is 5.38. The minimum Gasteiger partial charge on any atom is -0.363 e. The Morgan fingerprint density at radius 3 is 2.56 bits per heavy atom. The lowest BCUT2D eigenvalue weighted by atomic mass is 9.87. The molecule has 0 aromatic rings. The highest BCUT2D eigenvalue weighted by atomic mass is 16.5. The Hall–Kier alpha value is -0.0800. The van der Waals surface area contributed by atoms with E-state index in [1.165, 1.54) is 0 Å². The van der Waals surface area contributed by atoms with Gasteiger partial charge in [0.1, 0.15) is 0 Å². The van der Waals surface area contributed by atoms with E-state index < -0.39 is 0 Å². The molecule has 2 nitrogen and oxygen atoms in total. The van der Waals surface area contributed by atoms with Crippen LogP contribution in [0.2, 0.25) is 0 Å². The highest BCUT2D eigenvalue weighted by Crippen LogP contribution is 2.23. The zero-order valence-corrected chi connectivity index (χ0v) is 6.40. The summed E-state index contributed by atoms with van der Waals surface area (Å²) >= 11 is 0. The quantitative estimate of drug-likeness (QED) is 0.526. The first kappa shape index (κ1) is 7.03. The van der Waals surface area contributed by atoms with Crippen LogP contribution < -0.4 is 5.32 Å². The summed E-state index contributed by atoms with van der Waals surface area (Å²) in [5, 5.41) is 3.18. The van der Waals surface area contributed by atoms with Crippen LogP contribution in [0.4, 0.5) is 0 Å². The first-order valence-electron chi connectivity index (χ1n) is 3.45. The third-order valence-corrected chi connectivity index (χ3v) is 2.12. The number of nitrogens with one attached hydrogen (secondary N) is 1. The lowest BCUT2D eigenvalue weighted by molar-refractivity contribution is -0.0594. The van der Waals surface area contributed by atoms with E-state index in [1.807, 2.05) is 0 Å². The number of rotatable bonds is 0. The van der Waals surface area contributed by atoms with E-state index in [0.717, 1.165) is 6.54 Å². The lowest BCUT2D eigenvalue weighted by Gasteiger charge is -2.36. The molecular weight excluding hydrogens is 114 g/mol. The summed E-state index contributed by atoms with van der Waals surface area (Å²) in [6, 6.07) is 0. The molecule has 1 saturated heterocycles. The van der Waals surface area contributed by atoms with Crippen LogP contribution in [0.5, 0.6) is 0 Å². The Morgan fingerprint density at radius 2 is 2.22 bits per heavy atom. The van der Waals surface area contributed by atoms with Gasteiger partial charge in [0.25, 0.3) is 0 Å². The van der Waals surface area contributed by atoms with Gasteiger partial charge in [-0.2, -0.15) is 0 Å². The molecule has 1 unspecified atom stereocenters. The molecule has 1 fully saturated rings. The molecule has 2 heteroatoms. The van der Waals surface area contributed by atoms with Gasteiger partial charge in [-0.25, -0.2) is 0 Å². The molecule has 1 heterocycles. The van der Waals surface area contributed by atoms with Gasteiger partial charge < -0.3 is 4.74 Å². The Balaban J connectivity index is 2.49. The molecule has 1 rings (SSSR count). The highest BCUT2D eigenvalue weighted by molar-refractivity contribution is 4.80. The maximum Gasteiger partial charge on any atom is 0.0969 e. The van der Waals surface area contributed by atoms with E-state index in [0.29, 0.717) is 18.2 Å². The van der Waals surface area contributed by atoms with Gasteiger partial charge in [-0.15, -0.1) is 0 Å². The Morgan fingerprint density at radius 1 is 1.56 bits per heavy atom.